The van der Waals surface area contributed by atoms with Crippen LogP contribution in [0.25, 0.3) is 0 Å². The van der Waals surface area contributed by atoms with Gasteiger partial charge in [0.2, 0.25) is 5.72 Å². The Morgan fingerprint density at radius 3 is 2.11 bits per heavy atom. The van der Waals surface area contributed by atoms with Crippen molar-refractivity contribution in [1.82, 2.24) is 10.2 Å². The topological polar surface area (TPSA) is 140 Å². The van der Waals surface area contributed by atoms with Gasteiger partial charge in [0.15, 0.2) is 0 Å². The Balaban J connectivity index is 2.35. The molecular formula is C26H34F2N2O7. The van der Waals surface area contributed by atoms with Crippen LogP contribution in [-0.2, 0) is 0 Å². The fourth-order valence-electron chi connectivity index (χ4n) is 3.76. The van der Waals surface area contributed by atoms with E-state index in [4.69, 9.17) is 4.74 Å². The number of nitrogens with zero attached hydrogens (tertiary/aromatic N) is 1. The fraction of sp³-hybridized carbons (Fsp3) is 0.462. The third-order valence-corrected chi connectivity index (χ3v) is 5.53. The summed E-state index contributed by atoms with van der Waals surface area (Å²) < 4.78 is 32.2. The molecule has 5 N–H and O–H groups in total. The first-order valence-electron chi connectivity index (χ1n) is 12.0. The van der Waals surface area contributed by atoms with Crippen molar-refractivity contribution in [3.05, 3.63) is 64.7 Å². The molecule has 2 rings (SSSR count). The second-order valence-electron chi connectivity index (χ2n) is 8.85. The summed E-state index contributed by atoms with van der Waals surface area (Å²) in [4.78, 5) is 27.8. The lowest BCUT2D eigenvalue weighted by Gasteiger charge is -2.35. The lowest BCUT2D eigenvalue weighted by Crippen LogP contribution is -2.64. The number of amides is 2. The Hall–Kier alpha value is -3.12. The van der Waals surface area contributed by atoms with Crippen LogP contribution in [0.2, 0.25) is 0 Å². The quantitative estimate of drug-likeness (QED) is 0.252. The van der Waals surface area contributed by atoms with Gasteiger partial charge in [0.05, 0.1) is 6.61 Å². The van der Waals surface area contributed by atoms with Crippen molar-refractivity contribution in [2.24, 2.45) is 0 Å². The molecule has 2 aromatic rings. The normalized spacial score (nSPS) is 14.4. The summed E-state index contributed by atoms with van der Waals surface area (Å²) in [5, 5.41) is 42.8. The average Bonchev–Trinajstić information content (AvgIpc) is 2.85. The molecule has 0 bridgehead atoms. The van der Waals surface area contributed by atoms with Gasteiger partial charge in [-0.2, -0.15) is 0 Å². The number of carbonyl (C=O) groups is 2. The zero-order valence-corrected chi connectivity index (χ0v) is 21.1. The number of aliphatic hydroxyl groups excluding tert-OH is 3. The number of halogens is 2. The van der Waals surface area contributed by atoms with Crippen molar-refractivity contribution in [3.8, 4) is 5.75 Å². The molecule has 0 fully saturated rings. The van der Waals surface area contributed by atoms with E-state index in [1.807, 2.05) is 13.8 Å². The SMILES string of the molecule is CCCN(CCC)C(=O)c1cc(C)cc(C(=O)N[C@](O)(COc2cc(F)cc(F)c2)[C@@H](O)[C@H](O)CO)c1. The van der Waals surface area contributed by atoms with E-state index in [0.717, 1.165) is 25.0 Å². The highest BCUT2D eigenvalue weighted by atomic mass is 19.1. The lowest BCUT2D eigenvalue weighted by molar-refractivity contribution is -0.159. The van der Waals surface area contributed by atoms with E-state index in [1.165, 1.54) is 12.1 Å². The van der Waals surface area contributed by atoms with E-state index in [0.29, 0.717) is 24.7 Å². The molecule has 2 amide bonds. The largest absolute Gasteiger partial charge is 0.488 e. The highest BCUT2D eigenvalue weighted by Gasteiger charge is 2.42. The molecule has 0 aliphatic rings. The standard InChI is InChI=1S/C26H34F2N2O7/c1-4-6-30(7-5-2)25(35)18-9-16(3)8-17(10-18)24(34)29-26(36,23(33)22(32)14-31)15-37-21-12-19(27)11-20(28)13-21/h8-13,22-23,31-33,36H,4-7,14-15H2,1-3H3,(H,29,34)/t22-,23+,26+/m1/s1. The lowest BCUT2D eigenvalue weighted by atomic mass is 10.00. The van der Waals surface area contributed by atoms with Gasteiger partial charge in [0, 0.05) is 42.4 Å². The summed E-state index contributed by atoms with van der Waals surface area (Å²) in [5.41, 5.74) is -1.91. The first kappa shape index (κ1) is 30.1. The predicted molar refractivity (Wildman–Crippen MR) is 131 cm³/mol. The van der Waals surface area contributed by atoms with E-state index in [1.54, 1.807) is 17.9 Å². The molecule has 2 aromatic carbocycles. The van der Waals surface area contributed by atoms with Crippen LogP contribution in [0.4, 0.5) is 8.78 Å². The molecule has 0 unspecified atom stereocenters. The van der Waals surface area contributed by atoms with Gasteiger partial charge in [-0.05, 0) is 43.5 Å². The molecule has 0 radical (unpaired) electrons. The molecule has 3 atom stereocenters. The summed E-state index contributed by atoms with van der Waals surface area (Å²) in [6.07, 6.45) is -2.56. The number of rotatable bonds is 13. The highest BCUT2D eigenvalue weighted by molar-refractivity contribution is 6.00. The predicted octanol–water partition coefficient (Wildman–Crippen LogP) is 1.75. The second kappa shape index (κ2) is 13.4. The Bertz CT molecular complexity index is 1060. The maximum Gasteiger partial charge on any atom is 0.253 e. The monoisotopic (exact) mass is 524 g/mol. The summed E-state index contributed by atoms with van der Waals surface area (Å²) in [6, 6.07) is 6.64. The number of ether oxygens (including phenoxy) is 1. The summed E-state index contributed by atoms with van der Waals surface area (Å²) >= 11 is 0. The Kier molecular flexibility index (Phi) is 10.9. The Labute approximate surface area is 214 Å². The Morgan fingerprint density at radius 1 is 1.00 bits per heavy atom. The van der Waals surface area contributed by atoms with Crippen LogP contribution in [0.3, 0.4) is 0 Å². The maximum atomic E-state index is 13.5. The first-order chi connectivity index (χ1) is 17.4. The van der Waals surface area contributed by atoms with Gasteiger partial charge >= 0.3 is 0 Å². The molecule has 0 aromatic heterocycles. The molecule has 204 valence electrons. The van der Waals surface area contributed by atoms with Crippen LogP contribution in [0.1, 0.15) is 53.0 Å². The number of aliphatic hydroxyl groups is 4. The minimum absolute atomic E-state index is 0.0304. The van der Waals surface area contributed by atoms with E-state index >= 15 is 0 Å². The van der Waals surface area contributed by atoms with Gasteiger partial charge in [-0.25, -0.2) is 8.78 Å². The van der Waals surface area contributed by atoms with Gasteiger partial charge in [-0.3, -0.25) is 9.59 Å². The Morgan fingerprint density at radius 2 is 1.57 bits per heavy atom. The average molecular weight is 525 g/mol. The molecule has 11 heteroatoms. The van der Waals surface area contributed by atoms with Gasteiger partial charge in [0.1, 0.15) is 36.2 Å². The summed E-state index contributed by atoms with van der Waals surface area (Å²) in [7, 11) is 0. The van der Waals surface area contributed by atoms with Gasteiger partial charge < -0.3 is 35.4 Å². The van der Waals surface area contributed by atoms with Gasteiger partial charge in [-0.15, -0.1) is 0 Å². The van der Waals surface area contributed by atoms with Crippen LogP contribution in [-0.4, -0.2) is 81.4 Å². The number of aryl methyl sites for hydroxylation is 1. The van der Waals surface area contributed by atoms with Crippen LogP contribution >= 0.6 is 0 Å². The van der Waals surface area contributed by atoms with Crippen molar-refractivity contribution >= 4 is 11.8 Å². The van der Waals surface area contributed by atoms with Gasteiger partial charge in [-0.1, -0.05) is 13.8 Å². The molecule has 9 nitrogen and oxygen atoms in total. The molecule has 0 aliphatic heterocycles. The molecule has 0 aliphatic carbocycles. The summed E-state index contributed by atoms with van der Waals surface area (Å²) in [5.74, 6) is -3.49. The van der Waals surface area contributed by atoms with Crippen LogP contribution < -0.4 is 10.1 Å². The number of benzene rings is 2. The van der Waals surface area contributed by atoms with E-state index < -0.39 is 48.7 Å². The van der Waals surface area contributed by atoms with Crippen molar-refractivity contribution in [3.63, 3.8) is 0 Å². The summed E-state index contributed by atoms with van der Waals surface area (Å²) in [6.45, 7) is 4.71. The van der Waals surface area contributed by atoms with Crippen LogP contribution in [0.5, 0.6) is 5.75 Å². The zero-order chi connectivity index (χ0) is 27.8. The molecular weight excluding hydrogens is 490 g/mol. The number of hydrogen-bond donors (Lipinski definition) is 5. The molecule has 0 spiro atoms. The number of carbonyl (C=O) groups excluding carboxylic acids is 2. The molecule has 0 saturated carbocycles. The van der Waals surface area contributed by atoms with Crippen molar-refractivity contribution in [1.29, 1.82) is 0 Å². The van der Waals surface area contributed by atoms with Crippen molar-refractivity contribution in [2.75, 3.05) is 26.3 Å². The molecule has 0 heterocycles. The van der Waals surface area contributed by atoms with Gasteiger partial charge in [0.25, 0.3) is 11.8 Å². The zero-order valence-electron chi connectivity index (χ0n) is 21.1. The third-order valence-electron chi connectivity index (χ3n) is 5.53. The van der Waals surface area contributed by atoms with Crippen LogP contribution in [0.15, 0.2) is 36.4 Å². The molecule has 0 saturated heterocycles. The fourth-order valence-corrected chi connectivity index (χ4v) is 3.76. The minimum atomic E-state index is -2.70. The second-order valence-corrected chi connectivity index (χ2v) is 8.85. The minimum Gasteiger partial charge on any atom is -0.488 e. The third kappa shape index (κ3) is 8.19. The van der Waals surface area contributed by atoms with E-state index in [2.05, 4.69) is 5.32 Å². The van der Waals surface area contributed by atoms with E-state index in [9.17, 15) is 38.8 Å². The smallest absolute Gasteiger partial charge is 0.253 e. The van der Waals surface area contributed by atoms with Crippen molar-refractivity contribution in [2.45, 2.75) is 51.5 Å². The number of nitrogens with one attached hydrogen (secondary N) is 1. The van der Waals surface area contributed by atoms with E-state index in [-0.39, 0.29) is 22.8 Å². The first-order valence-corrected chi connectivity index (χ1v) is 12.0. The highest BCUT2D eigenvalue weighted by Crippen LogP contribution is 2.20. The molecule has 37 heavy (non-hydrogen) atoms. The number of hydrogen-bond acceptors (Lipinski definition) is 7. The maximum absolute atomic E-state index is 13.5. The van der Waals surface area contributed by atoms with Crippen LogP contribution in [0, 0.1) is 18.6 Å². The van der Waals surface area contributed by atoms with Crippen molar-refractivity contribution < 1.29 is 43.5 Å².